The van der Waals surface area contributed by atoms with Crippen molar-refractivity contribution in [2.45, 2.75) is 52.4 Å². The van der Waals surface area contributed by atoms with Crippen molar-refractivity contribution < 1.29 is 13.9 Å². The molecule has 33 heavy (non-hydrogen) atoms. The first kappa shape index (κ1) is 23.2. The Morgan fingerprint density at radius 2 is 1.76 bits per heavy atom. The first-order valence-electron chi connectivity index (χ1n) is 11.5. The number of morpholine rings is 1. The highest BCUT2D eigenvalue weighted by atomic mass is 16.5. The molecule has 1 aliphatic rings. The molecule has 4 rings (SSSR count). The van der Waals surface area contributed by atoms with Gasteiger partial charge in [-0.2, -0.15) is 0 Å². The van der Waals surface area contributed by atoms with Gasteiger partial charge in [-0.15, -0.1) is 0 Å². The van der Waals surface area contributed by atoms with Crippen LogP contribution in [0, 0.1) is 6.92 Å². The van der Waals surface area contributed by atoms with Crippen molar-refractivity contribution in [2.24, 2.45) is 0 Å². The third-order valence-corrected chi connectivity index (χ3v) is 6.20. The number of carbonyl (C=O) groups is 1. The van der Waals surface area contributed by atoms with Gasteiger partial charge in [-0.1, -0.05) is 42.0 Å². The first-order chi connectivity index (χ1) is 15.7. The van der Waals surface area contributed by atoms with Gasteiger partial charge in [-0.3, -0.25) is 9.69 Å². The number of nitrogens with one attached hydrogen (secondary N) is 1. The molecule has 1 fully saturated rings. The summed E-state index contributed by atoms with van der Waals surface area (Å²) in [5, 5.41) is 3.13. The van der Waals surface area contributed by atoms with Gasteiger partial charge in [-0.05, 0) is 46.8 Å². The van der Waals surface area contributed by atoms with Crippen LogP contribution in [0.3, 0.4) is 0 Å². The zero-order valence-corrected chi connectivity index (χ0v) is 20.1. The molecule has 1 aliphatic heterocycles. The quantitative estimate of drug-likeness (QED) is 0.580. The SMILES string of the molecule is Cc1ccc(-c2cnc(-c3ccccc3C(=O)NCC(C)(C)N3CC(C)OC(C)C3)o2)cc1. The van der Waals surface area contributed by atoms with E-state index in [1.165, 1.54) is 5.56 Å². The summed E-state index contributed by atoms with van der Waals surface area (Å²) in [6, 6.07) is 15.5. The molecule has 1 amide bonds. The Kier molecular flexibility index (Phi) is 6.68. The van der Waals surface area contributed by atoms with Crippen LogP contribution in [0.15, 0.2) is 59.1 Å². The van der Waals surface area contributed by atoms with Gasteiger partial charge >= 0.3 is 0 Å². The predicted molar refractivity (Wildman–Crippen MR) is 130 cm³/mol. The molecule has 1 saturated heterocycles. The Morgan fingerprint density at radius 3 is 2.45 bits per heavy atom. The van der Waals surface area contributed by atoms with E-state index >= 15 is 0 Å². The van der Waals surface area contributed by atoms with Gasteiger partial charge in [0.15, 0.2) is 5.76 Å². The van der Waals surface area contributed by atoms with E-state index in [-0.39, 0.29) is 23.7 Å². The maximum absolute atomic E-state index is 13.2. The predicted octanol–water partition coefficient (Wildman–Crippen LogP) is 4.93. The van der Waals surface area contributed by atoms with Crippen molar-refractivity contribution in [1.82, 2.24) is 15.2 Å². The molecule has 0 bridgehead atoms. The van der Waals surface area contributed by atoms with E-state index in [9.17, 15) is 4.79 Å². The van der Waals surface area contributed by atoms with Gasteiger partial charge in [0.25, 0.3) is 5.91 Å². The lowest BCUT2D eigenvalue weighted by atomic mass is 9.99. The van der Waals surface area contributed by atoms with Crippen LogP contribution in [0.4, 0.5) is 0 Å². The van der Waals surface area contributed by atoms with Crippen molar-refractivity contribution in [1.29, 1.82) is 0 Å². The Hall–Kier alpha value is -2.96. The second kappa shape index (κ2) is 9.49. The highest BCUT2D eigenvalue weighted by molar-refractivity contribution is 6.00. The van der Waals surface area contributed by atoms with Crippen molar-refractivity contribution >= 4 is 5.91 Å². The summed E-state index contributed by atoms with van der Waals surface area (Å²) in [6.07, 6.45) is 2.06. The molecular formula is C27H33N3O3. The van der Waals surface area contributed by atoms with E-state index in [1.54, 1.807) is 6.20 Å². The fraction of sp³-hybridized carbons (Fsp3) is 0.407. The largest absolute Gasteiger partial charge is 0.436 e. The number of amides is 1. The van der Waals surface area contributed by atoms with Gasteiger partial charge in [-0.25, -0.2) is 4.98 Å². The molecule has 0 aliphatic carbocycles. The summed E-state index contributed by atoms with van der Waals surface area (Å²) in [5.74, 6) is 0.978. The summed E-state index contributed by atoms with van der Waals surface area (Å²) in [4.78, 5) is 20.0. The van der Waals surface area contributed by atoms with Gasteiger partial charge in [0.05, 0.1) is 24.0 Å². The Bertz CT molecular complexity index is 1090. The first-order valence-corrected chi connectivity index (χ1v) is 11.5. The minimum atomic E-state index is -0.196. The number of aryl methyl sites for hydroxylation is 1. The van der Waals surface area contributed by atoms with E-state index in [0.29, 0.717) is 29.3 Å². The Morgan fingerprint density at radius 1 is 1.09 bits per heavy atom. The third-order valence-electron chi connectivity index (χ3n) is 6.20. The second-order valence-corrected chi connectivity index (χ2v) is 9.60. The highest BCUT2D eigenvalue weighted by Gasteiger charge is 2.33. The number of nitrogens with zero attached hydrogens (tertiary/aromatic N) is 2. The molecule has 2 heterocycles. The van der Waals surface area contributed by atoms with E-state index < -0.39 is 0 Å². The number of carbonyl (C=O) groups excluding carboxylic acids is 1. The summed E-state index contributed by atoms with van der Waals surface area (Å²) in [7, 11) is 0. The van der Waals surface area contributed by atoms with Crippen molar-refractivity contribution in [3.8, 4) is 22.8 Å². The topological polar surface area (TPSA) is 67.6 Å². The molecule has 2 atom stereocenters. The maximum Gasteiger partial charge on any atom is 0.252 e. The number of oxazole rings is 1. The molecule has 1 N–H and O–H groups in total. The zero-order chi connectivity index (χ0) is 23.6. The molecule has 0 spiro atoms. The second-order valence-electron chi connectivity index (χ2n) is 9.60. The average Bonchev–Trinajstić information content (AvgIpc) is 3.27. The van der Waals surface area contributed by atoms with Gasteiger partial charge in [0.1, 0.15) is 0 Å². The standard InChI is InChI=1S/C27H33N3O3/c1-18-10-12-21(13-11-18)24-14-28-26(33-24)23-9-7-6-8-22(23)25(31)29-17-27(4,5)30-15-19(2)32-20(3)16-30/h6-14,19-20H,15-17H2,1-5H3,(H,29,31). The van der Waals surface area contributed by atoms with Gasteiger partial charge in [0.2, 0.25) is 5.89 Å². The molecule has 2 aromatic carbocycles. The lowest BCUT2D eigenvalue weighted by molar-refractivity contribution is -0.0948. The molecule has 174 valence electrons. The normalized spacial score (nSPS) is 19.4. The minimum Gasteiger partial charge on any atom is -0.436 e. The summed E-state index contributed by atoms with van der Waals surface area (Å²) in [5.41, 5.74) is 3.17. The minimum absolute atomic E-state index is 0.136. The van der Waals surface area contributed by atoms with Crippen molar-refractivity contribution in [3.63, 3.8) is 0 Å². The van der Waals surface area contributed by atoms with Crippen LogP contribution < -0.4 is 5.32 Å². The number of aromatic nitrogens is 1. The molecule has 2 unspecified atom stereocenters. The summed E-state index contributed by atoms with van der Waals surface area (Å²) >= 11 is 0. The van der Waals surface area contributed by atoms with Gasteiger partial charge < -0.3 is 14.5 Å². The number of hydrogen-bond acceptors (Lipinski definition) is 5. The molecule has 1 aromatic heterocycles. The van der Waals surface area contributed by atoms with Crippen LogP contribution in [0.25, 0.3) is 22.8 Å². The van der Waals surface area contributed by atoms with Crippen LogP contribution in [0.5, 0.6) is 0 Å². The Labute approximate surface area is 196 Å². The molecule has 6 nitrogen and oxygen atoms in total. The maximum atomic E-state index is 13.2. The zero-order valence-electron chi connectivity index (χ0n) is 20.1. The van der Waals surface area contributed by atoms with E-state index in [2.05, 4.69) is 42.9 Å². The van der Waals surface area contributed by atoms with Crippen LogP contribution in [-0.2, 0) is 4.74 Å². The highest BCUT2D eigenvalue weighted by Crippen LogP contribution is 2.29. The Balaban J connectivity index is 1.49. The number of hydrogen-bond donors (Lipinski definition) is 1. The fourth-order valence-corrected chi connectivity index (χ4v) is 4.29. The molecule has 0 saturated carbocycles. The number of rotatable bonds is 6. The lowest BCUT2D eigenvalue weighted by Crippen LogP contribution is -2.58. The summed E-state index contributed by atoms with van der Waals surface area (Å²) < 4.78 is 11.9. The monoisotopic (exact) mass is 447 g/mol. The van der Waals surface area contributed by atoms with E-state index in [0.717, 1.165) is 18.7 Å². The summed E-state index contributed by atoms with van der Waals surface area (Å²) in [6.45, 7) is 12.8. The molecule has 0 radical (unpaired) electrons. The average molecular weight is 448 g/mol. The lowest BCUT2D eigenvalue weighted by Gasteiger charge is -2.45. The van der Waals surface area contributed by atoms with E-state index in [1.807, 2.05) is 55.5 Å². The molecule has 6 heteroatoms. The van der Waals surface area contributed by atoms with Gasteiger partial charge in [0, 0.05) is 36.3 Å². The number of ether oxygens (including phenoxy) is 1. The van der Waals surface area contributed by atoms with Crippen LogP contribution in [0.1, 0.15) is 43.6 Å². The number of benzene rings is 2. The molecule has 3 aromatic rings. The fourth-order valence-electron chi connectivity index (χ4n) is 4.29. The van der Waals surface area contributed by atoms with Crippen molar-refractivity contribution in [3.05, 3.63) is 65.9 Å². The van der Waals surface area contributed by atoms with Crippen LogP contribution in [-0.4, -0.2) is 53.2 Å². The smallest absolute Gasteiger partial charge is 0.252 e. The van der Waals surface area contributed by atoms with Crippen molar-refractivity contribution in [2.75, 3.05) is 19.6 Å². The third kappa shape index (κ3) is 5.34. The van der Waals surface area contributed by atoms with E-state index in [4.69, 9.17) is 9.15 Å². The molecular weight excluding hydrogens is 414 g/mol. The van der Waals surface area contributed by atoms with Crippen LogP contribution in [0.2, 0.25) is 0 Å². The van der Waals surface area contributed by atoms with Crippen LogP contribution >= 0.6 is 0 Å².